The monoisotopic (exact) mass is 282 g/mol. The number of rotatable bonds is 8. The molecule has 0 bridgehead atoms. The van der Waals surface area contributed by atoms with Crippen LogP contribution in [0.1, 0.15) is 36.2 Å². The molecule has 112 valence electrons. The maximum Gasteiger partial charge on any atom is 0.347 e. The molecule has 0 spiro atoms. The van der Waals surface area contributed by atoms with Crippen molar-refractivity contribution in [3.8, 4) is 0 Å². The molecule has 1 heterocycles. The Kier molecular flexibility index (Phi) is 6.38. The average molecular weight is 282 g/mol. The van der Waals surface area contributed by atoms with E-state index < -0.39 is 5.97 Å². The van der Waals surface area contributed by atoms with Crippen LogP contribution in [0.15, 0.2) is 4.79 Å². The number of carboxylic acids is 1. The van der Waals surface area contributed by atoms with Gasteiger partial charge in [-0.05, 0) is 38.7 Å². The molecule has 0 aliphatic heterocycles. The molecule has 6 heteroatoms. The zero-order valence-corrected chi connectivity index (χ0v) is 12.3. The van der Waals surface area contributed by atoms with Crippen LogP contribution in [-0.4, -0.2) is 34.3 Å². The summed E-state index contributed by atoms with van der Waals surface area (Å²) >= 11 is 0. The Morgan fingerprint density at radius 2 is 2.05 bits per heavy atom. The van der Waals surface area contributed by atoms with Gasteiger partial charge in [0.2, 0.25) is 0 Å². The van der Waals surface area contributed by atoms with E-state index in [4.69, 9.17) is 9.84 Å². The van der Waals surface area contributed by atoms with E-state index in [0.717, 1.165) is 24.1 Å². The highest BCUT2D eigenvalue weighted by atomic mass is 16.5. The van der Waals surface area contributed by atoms with Crippen molar-refractivity contribution in [3.05, 3.63) is 27.4 Å². The second-order valence-electron chi connectivity index (χ2n) is 4.79. The smallest absolute Gasteiger partial charge is 0.347 e. The summed E-state index contributed by atoms with van der Waals surface area (Å²) in [7, 11) is 1.65. The zero-order chi connectivity index (χ0) is 15.1. The number of nitrogens with zero attached hydrogens (tertiary/aromatic N) is 2. The van der Waals surface area contributed by atoms with Crippen LogP contribution < -0.4 is 5.69 Å². The highest BCUT2D eigenvalue weighted by molar-refractivity contribution is 5.67. The number of carbonyl (C=O) groups is 1. The Morgan fingerprint density at radius 3 is 2.65 bits per heavy atom. The van der Waals surface area contributed by atoms with Crippen molar-refractivity contribution in [2.24, 2.45) is 0 Å². The summed E-state index contributed by atoms with van der Waals surface area (Å²) in [6, 6.07) is 0. The fourth-order valence-corrected chi connectivity index (χ4v) is 2.21. The SMILES string of the molecule is COCCCCn1c(C)c(CCC(=O)O)c(C)nc1=O. The van der Waals surface area contributed by atoms with Crippen molar-refractivity contribution in [3.63, 3.8) is 0 Å². The molecule has 0 amide bonds. The molecule has 0 aromatic carbocycles. The molecule has 0 aliphatic rings. The molecular weight excluding hydrogens is 260 g/mol. The molecule has 0 fully saturated rings. The van der Waals surface area contributed by atoms with E-state index in [2.05, 4.69) is 4.98 Å². The number of hydrogen-bond acceptors (Lipinski definition) is 4. The van der Waals surface area contributed by atoms with Gasteiger partial charge >= 0.3 is 11.7 Å². The molecule has 1 rings (SSSR count). The molecule has 0 saturated heterocycles. The van der Waals surface area contributed by atoms with Gasteiger partial charge in [-0.15, -0.1) is 0 Å². The fraction of sp³-hybridized carbons (Fsp3) is 0.643. The van der Waals surface area contributed by atoms with Crippen LogP contribution in [0.2, 0.25) is 0 Å². The lowest BCUT2D eigenvalue weighted by atomic mass is 10.1. The van der Waals surface area contributed by atoms with Crippen LogP contribution in [0.5, 0.6) is 0 Å². The average Bonchev–Trinajstić information content (AvgIpc) is 2.36. The number of aromatic nitrogens is 2. The molecule has 0 saturated carbocycles. The fourth-order valence-electron chi connectivity index (χ4n) is 2.21. The number of ether oxygens (including phenoxy) is 1. The highest BCUT2D eigenvalue weighted by Crippen LogP contribution is 2.12. The summed E-state index contributed by atoms with van der Waals surface area (Å²) in [5, 5.41) is 8.78. The summed E-state index contributed by atoms with van der Waals surface area (Å²) in [6.07, 6.45) is 2.15. The van der Waals surface area contributed by atoms with E-state index in [1.165, 1.54) is 0 Å². The van der Waals surface area contributed by atoms with E-state index in [9.17, 15) is 9.59 Å². The van der Waals surface area contributed by atoms with Gasteiger partial charge in [-0.2, -0.15) is 4.98 Å². The lowest BCUT2D eigenvalue weighted by Gasteiger charge is -2.15. The molecule has 0 unspecified atom stereocenters. The Morgan fingerprint density at radius 1 is 1.35 bits per heavy atom. The Labute approximate surface area is 118 Å². The van der Waals surface area contributed by atoms with Gasteiger partial charge < -0.3 is 9.84 Å². The first-order valence-corrected chi connectivity index (χ1v) is 6.75. The second-order valence-corrected chi connectivity index (χ2v) is 4.79. The third-order valence-corrected chi connectivity index (χ3v) is 3.34. The van der Waals surface area contributed by atoms with Gasteiger partial charge in [-0.3, -0.25) is 9.36 Å². The Bertz CT molecular complexity index is 523. The van der Waals surface area contributed by atoms with E-state index in [1.54, 1.807) is 18.6 Å². The molecule has 0 aliphatic carbocycles. The minimum absolute atomic E-state index is 0.0469. The van der Waals surface area contributed by atoms with Gasteiger partial charge in [0.1, 0.15) is 0 Å². The van der Waals surface area contributed by atoms with Gasteiger partial charge in [0.15, 0.2) is 0 Å². The first-order chi connectivity index (χ1) is 9.47. The molecule has 1 aromatic heterocycles. The third kappa shape index (κ3) is 4.45. The first-order valence-electron chi connectivity index (χ1n) is 6.75. The van der Waals surface area contributed by atoms with E-state index >= 15 is 0 Å². The zero-order valence-electron chi connectivity index (χ0n) is 12.3. The van der Waals surface area contributed by atoms with Gasteiger partial charge in [0, 0.05) is 38.1 Å². The standard InChI is InChI=1S/C14H22N2O4/c1-10-12(6-7-13(17)18)11(2)16(14(19)15-10)8-4-5-9-20-3/h4-9H2,1-3H3,(H,17,18). The number of carboxylic acid groups (broad SMARTS) is 1. The number of aryl methyl sites for hydroxylation is 1. The minimum atomic E-state index is -0.846. The van der Waals surface area contributed by atoms with Crippen molar-refractivity contribution < 1.29 is 14.6 Å². The lowest BCUT2D eigenvalue weighted by molar-refractivity contribution is -0.136. The summed E-state index contributed by atoms with van der Waals surface area (Å²) in [5.74, 6) is -0.846. The van der Waals surface area contributed by atoms with Crippen LogP contribution in [0, 0.1) is 13.8 Å². The van der Waals surface area contributed by atoms with E-state index in [1.807, 2.05) is 6.92 Å². The number of aliphatic carboxylic acids is 1. The molecule has 0 radical (unpaired) electrons. The second kappa shape index (κ2) is 7.79. The van der Waals surface area contributed by atoms with Gasteiger partial charge in [0.05, 0.1) is 0 Å². The molecule has 20 heavy (non-hydrogen) atoms. The Balaban J connectivity index is 2.91. The van der Waals surface area contributed by atoms with Crippen LogP contribution in [-0.2, 0) is 22.5 Å². The van der Waals surface area contributed by atoms with Crippen molar-refractivity contribution in [1.82, 2.24) is 9.55 Å². The van der Waals surface area contributed by atoms with Crippen molar-refractivity contribution in [2.45, 2.75) is 46.1 Å². The maximum atomic E-state index is 11.9. The predicted octanol–water partition coefficient (Wildman–Crippen LogP) is 1.30. The van der Waals surface area contributed by atoms with Gasteiger partial charge in [0.25, 0.3) is 0 Å². The summed E-state index contributed by atoms with van der Waals surface area (Å²) in [4.78, 5) is 26.6. The van der Waals surface area contributed by atoms with E-state index in [-0.39, 0.29) is 12.1 Å². The predicted molar refractivity (Wildman–Crippen MR) is 75.0 cm³/mol. The van der Waals surface area contributed by atoms with Gasteiger partial charge in [-0.25, -0.2) is 4.79 Å². The van der Waals surface area contributed by atoms with Crippen LogP contribution in [0.25, 0.3) is 0 Å². The molecule has 0 atom stereocenters. The maximum absolute atomic E-state index is 11.9. The summed E-state index contributed by atoms with van der Waals surface area (Å²) < 4.78 is 6.60. The van der Waals surface area contributed by atoms with Gasteiger partial charge in [-0.1, -0.05) is 0 Å². The van der Waals surface area contributed by atoms with Crippen molar-refractivity contribution >= 4 is 5.97 Å². The normalized spacial score (nSPS) is 10.8. The van der Waals surface area contributed by atoms with E-state index in [0.29, 0.717) is 25.3 Å². The largest absolute Gasteiger partial charge is 0.481 e. The topological polar surface area (TPSA) is 81.4 Å². The lowest BCUT2D eigenvalue weighted by Crippen LogP contribution is -2.28. The third-order valence-electron chi connectivity index (χ3n) is 3.34. The van der Waals surface area contributed by atoms with Crippen LogP contribution >= 0.6 is 0 Å². The van der Waals surface area contributed by atoms with Crippen LogP contribution in [0.3, 0.4) is 0 Å². The Hall–Kier alpha value is -1.69. The molecule has 1 N–H and O–H groups in total. The summed E-state index contributed by atoms with van der Waals surface area (Å²) in [6.45, 7) is 4.85. The summed E-state index contributed by atoms with van der Waals surface area (Å²) in [5.41, 5.74) is 2.04. The van der Waals surface area contributed by atoms with Crippen molar-refractivity contribution in [2.75, 3.05) is 13.7 Å². The number of unbranched alkanes of at least 4 members (excludes halogenated alkanes) is 1. The molecule has 1 aromatic rings. The van der Waals surface area contributed by atoms with Crippen molar-refractivity contribution in [1.29, 1.82) is 0 Å². The number of hydrogen-bond donors (Lipinski definition) is 1. The quantitative estimate of drug-likeness (QED) is 0.727. The molecular formula is C14H22N2O4. The minimum Gasteiger partial charge on any atom is -0.481 e. The molecule has 6 nitrogen and oxygen atoms in total. The highest BCUT2D eigenvalue weighted by Gasteiger charge is 2.12. The van der Waals surface area contributed by atoms with Crippen LogP contribution in [0.4, 0.5) is 0 Å². The first kappa shape index (κ1) is 16.4. The number of methoxy groups -OCH3 is 1.